The van der Waals surface area contributed by atoms with Gasteiger partial charge < -0.3 is 9.30 Å². The second-order valence-electron chi connectivity index (χ2n) is 5.73. The van der Waals surface area contributed by atoms with Gasteiger partial charge in [-0.05, 0) is 49.7 Å². The molecule has 0 saturated carbocycles. The molecule has 21 heavy (non-hydrogen) atoms. The summed E-state index contributed by atoms with van der Waals surface area (Å²) in [7, 11) is 2.14. The average Bonchev–Trinajstić information content (AvgIpc) is 2.96. The van der Waals surface area contributed by atoms with E-state index in [0.717, 1.165) is 25.2 Å². The molecule has 1 aromatic carbocycles. The number of ether oxygens (including phenoxy) is 1. The zero-order valence-electron chi connectivity index (χ0n) is 13.0. The summed E-state index contributed by atoms with van der Waals surface area (Å²) in [5, 5.41) is 1.19. The number of nitrogens with zero attached hydrogens (tertiary/aromatic N) is 2. The number of esters is 1. The quantitative estimate of drug-likeness (QED) is 0.811. The van der Waals surface area contributed by atoms with Crippen LogP contribution in [0.3, 0.4) is 0 Å². The van der Waals surface area contributed by atoms with Crippen LogP contribution in [0.2, 0.25) is 0 Å². The van der Waals surface area contributed by atoms with E-state index < -0.39 is 0 Å². The predicted octanol–water partition coefficient (Wildman–Crippen LogP) is 2.71. The summed E-state index contributed by atoms with van der Waals surface area (Å²) in [6.07, 6.45) is 2.45. The molecule has 3 rings (SSSR count). The fourth-order valence-corrected chi connectivity index (χ4v) is 3.20. The van der Waals surface area contributed by atoms with E-state index >= 15 is 0 Å². The molecule has 4 heteroatoms. The molecule has 0 radical (unpaired) electrons. The minimum absolute atomic E-state index is 0.148. The fourth-order valence-electron chi connectivity index (χ4n) is 3.20. The molecule has 1 aliphatic rings. The van der Waals surface area contributed by atoms with Crippen molar-refractivity contribution in [2.24, 2.45) is 0 Å². The van der Waals surface area contributed by atoms with Crippen molar-refractivity contribution in [3.8, 4) is 0 Å². The van der Waals surface area contributed by atoms with E-state index in [1.807, 2.05) is 6.92 Å². The van der Waals surface area contributed by atoms with Crippen LogP contribution in [0, 0.1) is 0 Å². The molecule has 0 spiro atoms. The van der Waals surface area contributed by atoms with Crippen LogP contribution < -0.4 is 0 Å². The van der Waals surface area contributed by atoms with Crippen LogP contribution in [-0.2, 0) is 35.6 Å². The Bertz CT molecular complexity index is 688. The molecule has 0 amide bonds. The van der Waals surface area contributed by atoms with E-state index in [1.165, 1.54) is 22.0 Å². The first-order valence-electron chi connectivity index (χ1n) is 7.60. The van der Waals surface area contributed by atoms with Gasteiger partial charge in [0, 0.05) is 36.7 Å². The highest BCUT2D eigenvalue weighted by molar-refractivity contribution is 5.89. The second kappa shape index (κ2) is 5.53. The molecule has 0 bridgehead atoms. The number of aryl methyl sites for hydroxylation is 1. The van der Waals surface area contributed by atoms with Gasteiger partial charge in [-0.25, -0.2) is 0 Å². The lowest BCUT2D eigenvalue weighted by Gasteiger charge is -2.04. The van der Waals surface area contributed by atoms with Crippen LogP contribution in [0.1, 0.15) is 30.5 Å². The van der Waals surface area contributed by atoms with Crippen LogP contribution in [0.4, 0.5) is 0 Å². The minimum atomic E-state index is -0.148. The van der Waals surface area contributed by atoms with Gasteiger partial charge in [-0.15, -0.1) is 0 Å². The molecule has 0 aliphatic carbocycles. The van der Waals surface area contributed by atoms with E-state index in [9.17, 15) is 4.79 Å². The first-order valence-corrected chi connectivity index (χ1v) is 7.60. The maximum Gasteiger partial charge on any atom is 0.310 e. The molecular formula is C17H22N2O2. The van der Waals surface area contributed by atoms with Crippen molar-refractivity contribution in [3.05, 3.63) is 35.0 Å². The highest BCUT2D eigenvalue weighted by Gasteiger charge is 2.19. The molecule has 2 aromatic rings. The van der Waals surface area contributed by atoms with E-state index in [1.54, 1.807) is 0 Å². The van der Waals surface area contributed by atoms with Crippen LogP contribution in [-0.4, -0.2) is 29.1 Å². The lowest BCUT2D eigenvalue weighted by molar-refractivity contribution is -0.142. The maximum atomic E-state index is 11.8. The third kappa shape index (κ3) is 2.56. The number of carbonyl (C=O) groups excluding carboxylic acids is 1. The third-order valence-corrected chi connectivity index (χ3v) is 4.15. The van der Waals surface area contributed by atoms with Gasteiger partial charge in [0.2, 0.25) is 0 Å². The highest BCUT2D eigenvalue weighted by atomic mass is 16.5. The Balaban J connectivity index is 2.05. The van der Waals surface area contributed by atoms with Crippen molar-refractivity contribution in [1.82, 2.24) is 9.47 Å². The molecule has 0 atom stereocenters. The topological polar surface area (TPSA) is 34.5 Å². The highest BCUT2D eigenvalue weighted by Crippen LogP contribution is 2.30. The normalized spacial score (nSPS) is 14.6. The number of aromatic nitrogens is 1. The van der Waals surface area contributed by atoms with Crippen molar-refractivity contribution in [1.29, 1.82) is 0 Å². The third-order valence-electron chi connectivity index (χ3n) is 4.15. The maximum absolute atomic E-state index is 11.8. The molecule has 1 aliphatic heterocycles. The number of fused-ring (bicyclic) bond motifs is 2. The van der Waals surface area contributed by atoms with Gasteiger partial charge in [-0.1, -0.05) is 0 Å². The summed E-state index contributed by atoms with van der Waals surface area (Å²) in [4.78, 5) is 14.1. The lowest BCUT2D eigenvalue weighted by Crippen LogP contribution is -2.07. The van der Waals surface area contributed by atoms with Crippen molar-refractivity contribution in [2.45, 2.75) is 39.9 Å². The second-order valence-corrected chi connectivity index (χ2v) is 5.73. The Morgan fingerprint density at radius 3 is 2.62 bits per heavy atom. The lowest BCUT2D eigenvalue weighted by atomic mass is 10.0. The molecule has 0 N–H and O–H groups in total. The van der Waals surface area contributed by atoms with Gasteiger partial charge in [-0.3, -0.25) is 9.69 Å². The number of hydrogen-bond donors (Lipinski definition) is 0. The van der Waals surface area contributed by atoms with E-state index in [-0.39, 0.29) is 5.97 Å². The van der Waals surface area contributed by atoms with Gasteiger partial charge in [0.05, 0.1) is 13.0 Å². The summed E-state index contributed by atoms with van der Waals surface area (Å²) in [6, 6.07) is 4.54. The molecule has 1 aromatic heterocycles. The number of benzene rings is 1. The Hall–Kier alpha value is -1.81. The van der Waals surface area contributed by atoms with Crippen molar-refractivity contribution >= 4 is 16.9 Å². The number of hydrogen-bond acceptors (Lipinski definition) is 3. The largest absolute Gasteiger partial charge is 0.466 e. The van der Waals surface area contributed by atoms with Crippen LogP contribution in [0.25, 0.3) is 10.9 Å². The summed E-state index contributed by atoms with van der Waals surface area (Å²) < 4.78 is 7.32. The zero-order valence-corrected chi connectivity index (χ0v) is 13.0. The fraction of sp³-hybridized carbons (Fsp3) is 0.471. The molecular weight excluding hydrogens is 264 g/mol. The van der Waals surface area contributed by atoms with E-state index in [0.29, 0.717) is 13.0 Å². The van der Waals surface area contributed by atoms with Crippen molar-refractivity contribution in [2.75, 3.05) is 13.7 Å². The monoisotopic (exact) mass is 286 g/mol. The van der Waals surface area contributed by atoms with Crippen molar-refractivity contribution < 1.29 is 9.53 Å². The standard InChI is InChI=1S/C17H22N2O2/c1-4-19-11-14(8-17(20)21-5-2)15-6-12-9-18(3)10-13(12)7-16(15)19/h6-7,11H,4-5,8-10H2,1-3H3. The molecule has 0 saturated heterocycles. The molecule has 0 unspecified atom stereocenters. The van der Waals surface area contributed by atoms with E-state index in [4.69, 9.17) is 4.74 Å². The Morgan fingerprint density at radius 1 is 1.24 bits per heavy atom. The van der Waals surface area contributed by atoms with Gasteiger partial charge in [0.15, 0.2) is 0 Å². The SMILES string of the molecule is CCOC(=O)Cc1cn(CC)c2cc3c(cc12)CN(C)C3. The van der Waals surface area contributed by atoms with Gasteiger partial charge in [0.1, 0.15) is 0 Å². The Labute approximate surface area is 125 Å². The van der Waals surface area contributed by atoms with E-state index in [2.05, 4.69) is 41.8 Å². The molecule has 112 valence electrons. The number of rotatable bonds is 4. The molecule has 2 heterocycles. The zero-order chi connectivity index (χ0) is 15.0. The van der Waals surface area contributed by atoms with Gasteiger partial charge >= 0.3 is 5.97 Å². The average molecular weight is 286 g/mol. The van der Waals surface area contributed by atoms with Crippen LogP contribution in [0.5, 0.6) is 0 Å². The molecule has 0 fully saturated rings. The van der Waals surface area contributed by atoms with Crippen LogP contribution >= 0.6 is 0 Å². The van der Waals surface area contributed by atoms with Crippen LogP contribution in [0.15, 0.2) is 18.3 Å². The van der Waals surface area contributed by atoms with Gasteiger partial charge in [0.25, 0.3) is 0 Å². The smallest absolute Gasteiger partial charge is 0.310 e. The molecule has 4 nitrogen and oxygen atoms in total. The Kier molecular flexibility index (Phi) is 3.72. The summed E-state index contributed by atoms with van der Waals surface area (Å²) in [5.74, 6) is -0.148. The van der Waals surface area contributed by atoms with Gasteiger partial charge in [-0.2, -0.15) is 0 Å². The summed E-state index contributed by atoms with van der Waals surface area (Å²) in [5.41, 5.74) is 5.08. The summed E-state index contributed by atoms with van der Waals surface area (Å²) in [6.45, 7) is 7.32. The summed E-state index contributed by atoms with van der Waals surface area (Å²) >= 11 is 0. The first-order chi connectivity index (χ1) is 10.1. The van der Waals surface area contributed by atoms with Crippen molar-refractivity contribution in [3.63, 3.8) is 0 Å². The predicted molar refractivity (Wildman–Crippen MR) is 83.1 cm³/mol. The first kappa shape index (κ1) is 14.1. The Morgan fingerprint density at radius 2 is 1.95 bits per heavy atom. The number of carbonyl (C=O) groups is 1. The minimum Gasteiger partial charge on any atom is -0.466 e.